The van der Waals surface area contributed by atoms with Gasteiger partial charge in [-0.05, 0) is 90.0 Å². The number of rotatable bonds is 4. The largest absolute Gasteiger partial charge is 0.228 e. The minimum Gasteiger partial charge on any atom is -0.228 e. The summed E-state index contributed by atoms with van der Waals surface area (Å²) in [5.41, 5.74) is 21.8. The minimum absolute atomic E-state index is 0.487. The molecule has 0 amide bonds. The Labute approximate surface area is 361 Å². The van der Waals surface area contributed by atoms with Gasteiger partial charge in [-0.1, -0.05) is 218 Å². The molecule has 0 radical (unpaired) electrons. The highest BCUT2D eigenvalue weighted by atomic mass is 14.9. The van der Waals surface area contributed by atoms with E-state index in [-0.39, 0.29) is 0 Å². The van der Waals surface area contributed by atoms with Gasteiger partial charge in [0.25, 0.3) is 0 Å². The van der Waals surface area contributed by atoms with E-state index in [9.17, 15) is 0 Å². The first kappa shape index (κ1) is 34.9. The molecule has 3 aliphatic rings. The molecular weight excluding hydrogens is 749 g/mol. The van der Waals surface area contributed by atoms with Crippen LogP contribution in [0.15, 0.2) is 231 Å². The van der Waals surface area contributed by atoms with Crippen molar-refractivity contribution in [2.24, 2.45) is 0 Å². The van der Waals surface area contributed by atoms with Crippen LogP contribution in [0.1, 0.15) is 44.5 Å². The zero-order valence-corrected chi connectivity index (χ0v) is 33.8. The van der Waals surface area contributed by atoms with Crippen LogP contribution in [-0.2, 0) is 10.8 Å². The lowest BCUT2D eigenvalue weighted by Gasteiger charge is -2.48. The molecule has 1 aromatic heterocycles. The Morgan fingerprint density at radius 3 is 1.03 bits per heavy atom. The van der Waals surface area contributed by atoms with Gasteiger partial charge >= 0.3 is 0 Å². The van der Waals surface area contributed by atoms with Gasteiger partial charge in [-0.2, -0.15) is 0 Å². The SMILES string of the molecule is c1ccc(-c2ccc(-c3cc(-c4ccccc4)nc(-c4ccc5c(c4)C4(c6ccccc6-5)c5ccccc5C5(c6ccccc6-c6ccccc65)c5ccccc54)n3)cc2)cc1. The maximum absolute atomic E-state index is 5.40. The number of hydrogen-bond donors (Lipinski definition) is 0. The highest BCUT2D eigenvalue weighted by Crippen LogP contribution is 2.67. The lowest BCUT2D eigenvalue weighted by molar-refractivity contribution is 0.633. The van der Waals surface area contributed by atoms with Crippen molar-refractivity contribution in [3.63, 3.8) is 0 Å². The molecule has 10 aromatic rings. The molecule has 0 bridgehead atoms. The average molecular weight is 787 g/mol. The Kier molecular flexibility index (Phi) is 7.47. The third-order valence-corrected chi connectivity index (χ3v) is 13.8. The first-order chi connectivity index (χ1) is 30.7. The van der Waals surface area contributed by atoms with E-state index < -0.39 is 10.8 Å². The van der Waals surface area contributed by atoms with Crippen molar-refractivity contribution < 1.29 is 0 Å². The van der Waals surface area contributed by atoms with E-state index in [2.05, 4.69) is 231 Å². The summed E-state index contributed by atoms with van der Waals surface area (Å²) in [5.74, 6) is 0.704. The fourth-order valence-electron chi connectivity index (χ4n) is 11.3. The van der Waals surface area contributed by atoms with Crippen LogP contribution in [0.4, 0.5) is 0 Å². The van der Waals surface area contributed by atoms with Gasteiger partial charge in [-0.3, -0.25) is 0 Å². The maximum atomic E-state index is 5.40. The van der Waals surface area contributed by atoms with Gasteiger partial charge in [0.15, 0.2) is 5.82 Å². The van der Waals surface area contributed by atoms with E-state index in [0.717, 1.165) is 28.1 Å². The van der Waals surface area contributed by atoms with Crippen molar-refractivity contribution in [1.82, 2.24) is 9.97 Å². The molecule has 62 heavy (non-hydrogen) atoms. The fourth-order valence-corrected chi connectivity index (χ4v) is 11.3. The molecule has 1 heterocycles. The second kappa shape index (κ2) is 13.3. The molecular formula is C60H38N2. The third kappa shape index (κ3) is 4.69. The first-order valence-electron chi connectivity index (χ1n) is 21.5. The quantitative estimate of drug-likeness (QED) is 0.178. The van der Waals surface area contributed by atoms with Crippen molar-refractivity contribution in [1.29, 1.82) is 0 Å². The monoisotopic (exact) mass is 786 g/mol. The second-order valence-electron chi connectivity index (χ2n) is 16.8. The molecule has 0 aliphatic heterocycles. The lowest BCUT2D eigenvalue weighted by Crippen LogP contribution is -2.43. The summed E-state index contributed by atoms with van der Waals surface area (Å²) < 4.78 is 0. The summed E-state index contributed by atoms with van der Waals surface area (Å²) in [6.07, 6.45) is 0. The Morgan fingerprint density at radius 2 is 0.548 bits per heavy atom. The second-order valence-corrected chi connectivity index (χ2v) is 16.8. The highest BCUT2D eigenvalue weighted by molar-refractivity contribution is 5.94. The zero-order chi connectivity index (χ0) is 40.8. The molecule has 2 heteroatoms. The van der Waals surface area contributed by atoms with Crippen molar-refractivity contribution in [3.8, 4) is 67.3 Å². The summed E-state index contributed by atoms with van der Waals surface area (Å²) in [7, 11) is 0. The molecule has 3 aliphatic carbocycles. The zero-order valence-electron chi connectivity index (χ0n) is 33.8. The Hall–Kier alpha value is -7.94. The molecule has 2 nitrogen and oxygen atoms in total. The number of aromatic nitrogens is 2. The number of fused-ring (bicyclic) bond motifs is 16. The molecule has 0 N–H and O–H groups in total. The van der Waals surface area contributed by atoms with Gasteiger partial charge in [0.05, 0.1) is 22.2 Å². The molecule has 288 valence electrons. The van der Waals surface area contributed by atoms with Crippen molar-refractivity contribution in [2.45, 2.75) is 10.8 Å². The van der Waals surface area contributed by atoms with Crippen LogP contribution < -0.4 is 0 Å². The summed E-state index contributed by atoms with van der Waals surface area (Å²) in [6, 6.07) is 84.6. The standard InChI is InChI=1S/C60H38N2/c1-3-17-39(18-4-1)40-31-33-42(34-32-40)57-38-56(41-19-5-2-6-20-41)61-58(62-57)43-35-36-47-46-23-9-12-26-50(46)60(55(47)37-43)53-29-15-13-27-51(53)59(52-28-14-16-30-54(52)60)48-24-10-7-21-44(48)45-22-8-11-25-49(45)59/h1-38H. The van der Waals surface area contributed by atoms with Gasteiger partial charge in [0.1, 0.15) is 0 Å². The van der Waals surface area contributed by atoms with Crippen LogP contribution in [0.5, 0.6) is 0 Å². The molecule has 13 rings (SSSR count). The maximum Gasteiger partial charge on any atom is 0.160 e. The van der Waals surface area contributed by atoms with E-state index in [4.69, 9.17) is 9.97 Å². The van der Waals surface area contributed by atoms with Gasteiger partial charge < -0.3 is 0 Å². The lowest BCUT2D eigenvalue weighted by atomic mass is 9.52. The summed E-state index contributed by atoms with van der Waals surface area (Å²) in [5, 5.41) is 0. The van der Waals surface area contributed by atoms with Gasteiger partial charge in [-0.15, -0.1) is 0 Å². The van der Waals surface area contributed by atoms with Crippen LogP contribution in [0, 0.1) is 0 Å². The van der Waals surface area contributed by atoms with Gasteiger partial charge in [0.2, 0.25) is 0 Å². The molecule has 0 fully saturated rings. The molecule has 0 saturated heterocycles. The van der Waals surface area contributed by atoms with E-state index in [1.165, 1.54) is 77.9 Å². The average Bonchev–Trinajstić information content (AvgIpc) is 3.82. The van der Waals surface area contributed by atoms with E-state index >= 15 is 0 Å². The van der Waals surface area contributed by atoms with Gasteiger partial charge in [-0.25, -0.2) is 9.97 Å². The smallest absolute Gasteiger partial charge is 0.160 e. The van der Waals surface area contributed by atoms with Crippen LogP contribution in [0.3, 0.4) is 0 Å². The molecule has 0 saturated carbocycles. The van der Waals surface area contributed by atoms with Crippen molar-refractivity contribution >= 4 is 0 Å². The Balaban J connectivity index is 1.06. The normalized spacial score (nSPS) is 14.1. The number of benzene rings is 9. The minimum atomic E-state index is -0.597. The third-order valence-electron chi connectivity index (χ3n) is 13.8. The van der Waals surface area contributed by atoms with Crippen molar-refractivity contribution in [2.75, 3.05) is 0 Å². The number of nitrogens with zero attached hydrogens (tertiary/aromatic N) is 2. The van der Waals surface area contributed by atoms with Crippen LogP contribution in [0.25, 0.3) is 67.3 Å². The van der Waals surface area contributed by atoms with Gasteiger partial charge in [0, 0.05) is 16.7 Å². The van der Waals surface area contributed by atoms with Crippen LogP contribution in [0.2, 0.25) is 0 Å². The number of hydrogen-bond acceptors (Lipinski definition) is 2. The van der Waals surface area contributed by atoms with Crippen molar-refractivity contribution in [3.05, 3.63) is 275 Å². The van der Waals surface area contributed by atoms with E-state index in [0.29, 0.717) is 5.82 Å². The summed E-state index contributed by atoms with van der Waals surface area (Å²) in [4.78, 5) is 10.8. The van der Waals surface area contributed by atoms with Crippen LogP contribution in [-0.4, -0.2) is 9.97 Å². The summed E-state index contributed by atoms with van der Waals surface area (Å²) in [6.45, 7) is 0. The molecule has 0 unspecified atom stereocenters. The predicted molar refractivity (Wildman–Crippen MR) is 252 cm³/mol. The van der Waals surface area contributed by atoms with Crippen LogP contribution >= 0.6 is 0 Å². The topological polar surface area (TPSA) is 25.8 Å². The Morgan fingerprint density at radius 1 is 0.226 bits per heavy atom. The van der Waals surface area contributed by atoms with E-state index in [1.54, 1.807) is 0 Å². The predicted octanol–water partition coefficient (Wildman–Crippen LogP) is 14.2. The Bertz CT molecular complexity index is 3310. The highest BCUT2D eigenvalue weighted by Gasteiger charge is 2.58. The summed E-state index contributed by atoms with van der Waals surface area (Å²) >= 11 is 0. The molecule has 2 spiro atoms. The first-order valence-corrected chi connectivity index (χ1v) is 21.5. The molecule has 9 aromatic carbocycles. The van der Waals surface area contributed by atoms with E-state index in [1.807, 2.05) is 0 Å². The fraction of sp³-hybridized carbons (Fsp3) is 0.0333. The molecule has 0 atom stereocenters.